The number of aromatic nitrogens is 2. The maximum absolute atomic E-state index is 9.99. The minimum absolute atomic E-state index is 0.0187. The number of aliphatic hydroxyl groups is 4. The zero-order chi connectivity index (χ0) is 15.0. The van der Waals surface area contributed by atoms with Crippen LogP contribution < -0.4 is 0 Å². The Morgan fingerprint density at radius 1 is 1.15 bits per heavy atom. The van der Waals surface area contributed by atoms with Gasteiger partial charge in [0.15, 0.2) is 0 Å². The van der Waals surface area contributed by atoms with Crippen LogP contribution in [0, 0.1) is 0 Å². The molecule has 0 unspecified atom stereocenters. The van der Waals surface area contributed by atoms with E-state index in [1.54, 1.807) is 24.3 Å². The smallest absolute Gasteiger partial charge is 0.263 e. The maximum atomic E-state index is 9.99. The predicted octanol–water partition coefficient (Wildman–Crippen LogP) is 0.594. The van der Waals surface area contributed by atoms with Crippen LogP contribution in [0.1, 0.15) is 19.0 Å². The molecule has 20 heavy (non-hydrogen) atoms. The molecule has 0 atom stereocenters. The second-order valence-corrected chi connectivity index (χ2v) is 4.92. The fourth-order valence-corrected chi connectivity index (χ4v) is 2.10. The van der Waals surface area contributed by atoms with E-state index in [9.17, 15) is 20.4 Å². The van der Waals surface area contributed by atoms with Crippen LogP contribution in [0.15, 0.2) is 35.4 Å². The second kappa shape index (κ2) is 5.19. The molecule has 0 amide bonds. The number of thiol groups is 1. The Hall–Kier alpha value is -1.38. The Balaban J connectivity index is 2.48. The molecule has 0 fully saturated rings. The quantitative estimate of drug-likeness (QED) is 0.366. The Bertz CT molecular complexity index is 596. The number of imidazole rings is 1. The van der Waals surface area contributed by atoms with E-state index in [0.717, 1.165) is 0 Å². The molecule has 0 saturated heterocycles. The van der Waals surface area contributed by atoms with Gasteiger partial charge in [0.25, 0.3) is 5.79 Å². The fraction of sp³-hybridized carbons (Fsp3) is 0.308. The van der Waals surface area contributed by atoms with E-state index < -0.39 is 11.6 Å². The van der Waals surface area contributed by atoms with Gasteiger partial charge < -0.3 is 25.4 Å². The molecule has 7 heteroatoms. The standard InChI is InChI=1S/C13H16N2O4S/c1-2-12(16,17)13(18,19)9-11(20)15-10(14-9)8-6-4-3-5-7-8/h3-7,16-20H,2H2,1H3,(H,14,15). The Morgan fingerprint density at radius 3 is 2.30 bits per heavy atom. The van der Waals surface area contributed by atoms with Crippen LogP contribution in [-0.2, 0) is 5.79 Å². The van der Waals surface area contributed by atoms with Crippen LogP contribution in [-0.4, -0.2) is 36.2 Å². The molecule has 0 saturated carbocycles. The van der Waals surface area contributed by atoms with Gasteiger partial charge in [0.1, 0.15) is 16.5 Å². The normalized spacial score (nSPS) is 12.7. The molecule has 0 spiro atoms. The summed E-state index contributed by atoms with van der Waals surface area (Å²) in [4.78, 5) is 6.73. The third-order valence-corrected chi connectivity index (χ3v) is 3.46. The van der Waals surface area contributed by atoms with Crippen molar-refractivity contribution in [2.24, 2.45) is 0 Å². The molecule has 108 valence electrons. The summed E-state index contributed by atoms with van der Waals surface area (Å²) in [5.74, 6) is -5.27. The van der Waals surface area contributed by atoms with E-state index >= 15 is 0 Å². The molecule has 0 aliphatic carbocycles. The molecule has 1 aromatic heterocycles. The van der Waals surface area contributed by atoms with Crippen molar-refractivity contribution >= 4 is 12.6 Å². The molecular formula is C13H16N2O4S. The van der Waals surface area contributed by atoms with Crippen molar-refractivity contribution in [1.29, 1.82) is 0 Å². The highest BCUT2D eigenvalue weighted by molar-refractivity contribution is 7.80. The largest absolute Gasteiger partial charge is 0.361 e. The molecule has 2 aromatic rings. The Labute approximate surface area is 121 Å². The van der Waals surface area contributed by atoms with Crippen LogP contribution in [0.25, 0.3) is 11.4 Å². The van der Waals surface area contributed by atoms with E-state index in [-0.39, 0.29) is 17.1 Å². The molecule has 0 bridgehead atoms. The van der Waals surface area contributed by atoms with E-state index in [1.807, 2.05) is 6.07 Å². The third kappa shape index (κ3) is 2.46. The molecule has 0 radical (unpaired) electrons. The molecule has 0 aliphatic heterocycles. The van der Waals surface area contributed by atoms with Crippen LogP contribution in [0.3, 0.4) is 0 Å². The first-order valence-corrected chi connectivity index (χ1v) is 6.48. The predicted molar refractivity (Wildman–Crippen MR) is 74.9 cm³/mol. The molecule has 1 heterocycles. The van der Waals surface area contributed by atoms with E-state index in [4.69, 9.17) is 0 Å². The first kappa shape index (κ1) is 15.0. The molecule has 6 nitrogen and oxygen atoms in total. The Kier molecular flexibility index (Phi) is 3.90. The monoisotopic (exact) mass is 296 g/mol. The second-order valence-electron chi connectivity index (χ2n) is 4.49. The summed E-state index contributed by atoms with van der Waals surface area (Å²) >= 11 is 4.05. The molecule has 2 rings (SSSR count). The number of benzene rings is 1. The van der Waals surface area contributed by atoms with Gasteiger partial charge in [-0.1, -0.05) is 37.3 Å². The number of rotatable bonds is 4. The minimum Gasteiger partial charge on any atom is -0.361 e. The first-order chi connectivity index (χ1) is 9.29. The molecule has 0 aliphatic rings. The van der Waals surface area contributed by atoms with Crippen molar-refractivity contribution in [2.45, 2.75) is 29.9 Å². The number of hydrogen-bond donors (Lipinski definition) is 6. The summed E-state index contributed by atoms with van der Waals surface area (Å²) in [6, 6.07) is 8.99. The molecule has 1 aromatic carbocycles. The van der Waals surface area contributed by atoms with E-state index in [1.165, 1.54) is 6.92 Å². The fourth-order valence-electron chi connectivity index (χ4n) is 1.79. The van der Waals surface area contributed by atoms with Crippen molar-refractivity contribution < 1.29 is 20.4 Å². The van der Waals surface area contributed by atoms with Gasteiger partial charge in [-0.3, -0.25) is 0 Å². The summed E-state index contributed by atoms with van der Waals surface area (Å²) in [6.07, 6.45) is -0.285. The molecular weight excluding hydrogens is 280 g/mol. The van der Waals surface area contributed by atoms with Crippen LogP contribution in [0.4, 0.5) is 0 Å². The van der Waals surface area contributed by atoms with Crippen molar-refractivity contribution in [3.8, 4) is 11.4 Å². The van der Waals surface area contributed by atoms with Crippen molar-refractivity contribution in [2.75, 3.05) is 0 Å². The summed E-state index contributed by atoms with van der Waals surface area (Å²) in [7, 11) is 0. The minimum atomic E-state index is -2.90. The zero-order valence-corrected chi connectivity index (χ0v) is 11.7. The summed E-state index contributed by atoms with van der Waals surface area (Å²) < 4.78 is 0. The number of nitrogens with one attached hydrogen (secondary N) is 1. The highest BCUT2D eigenvalue weighted by atomic mass is 32.1. The SMILES string of the molecule is CCC(O)(O)C(O)(O)c1[nH]c(-c2ccccc2)nc1S. The third-order valence-electron chi connectivity index (χ3n) is 3.13. The lowest BCUT2D eigenvalue weighted by Crippen LogP contribution is -2.52. The lowest BCUT2D eigenvalue weighted by Gasteiger charge is -2.33. The highest BCUT2D eigenvalue weighted by Gasteiger charge is 2.50. The van der Waals surface area contributed by atoms with Gasteiger partial charge in [0.2, 0.25) is 5.79 Å². The summed E-state index contributed by atoms with van der Waals surface area (Å²) in [6.45, 7) is 1.41. The number of H-pyrrole nitrogens is 1. The average molecular weight is 296 g/mol. The van der Waals surface area contributed by atoms with Gasteiger partial charge in [0, 0.05) is 12.0 Å². The number of aromatic amines is 1. The zero-order valence-electron chi connectivity index (χ0n) is 10.8. The van der Waals surface area contributed by atoms with Gasteiger partial charge >= 0.3 is 0 Å². The lowest BCUT2D eigenvalue weighted by atomic mass is 10.0. The maximum Gasteiger partial charge on any atom is 0.263 e. The summed E-state index contributed by atoms with van der Waals surface area (Å²) in [5.41, 5.74) is 0.439. The van der Waals surface area contributed by atoms with Gasteiger partial charge in [0.05, 0.1) is 0 Å². The van der Waals surface area contributed by atoms with E-state index in [2.05, 4.69) is 22.6 Å². The molecule has 5 N–H and O–H groups in total. The number of nitrogens with zero attached hydrogens (tertiary/aromatic N) is 1. The van der Waals surface area contributed by atoms with Gasteiger partial charge in [-0.25, -0.2) is 4.98 Å². The van der Waals surface area contributed by atoms with Gasteiger partial charge in [-0.2, -0.15) is 0 Å². The van der Waals surface area contributed by atoms with Gasteiger partial charge in [-0.15, -0.1) is 12.6 Å². The van der Waals surface area contributed by atoms with Crippen LogP contribution >= 0.6 is 12.6 Å². The van der Waals surface area contributed by atoms with Crippen LogP contribution in [0.2, 0.25) is 0 Å². The first-order valence-electron chi connectivity index (χ1n) is 6.04. The van der Waals surface area contributed by atoms with Crippen molar-refractivity contribution in [1.82, 2.24) is 9.97 Å². The average Bonchev–Trinajstić information content (AvgIpc) is 2.82. The van der Waals surface area contributed by atoms with E-state index in [0.29, 0.717) is 11.4 Å². The summed E-state index contributed by atoms with van der Waals surface area (Å²) in [5, 5.41) is 39.3. The topological polar surface area (TPSA) is 110 Å². The lowest BCUT2D eigenvalue weighted by molar-refractivity contribution is -0.369. The Morgan fingerprint density at radius 2 is 1.75 bits per heavy atom. The van der Waals surface area contributed by atoms with Crippen molar-refractivity contribution in [3.05, 3.63) is 36.0 Å². The highest BCUT2D eigenvalue weighted by Crippen LogP contribution is 2.34. The van der Waals surface area contributed by atoms with Crippen molar-refractivity contribution in [3.63, 3.8) is 0 Å². The number of hydrogen-bond acceptors (Lipinski definition) is 6. The van der Waals surface area contributed by atoms with Gasteiger partial charge in [-0.05, 0) is 0 Å². The van der Waals surface area contributed by atoms with Crippen LogP contribution in [0.5, 0.6) is 0 Å².